The minimum absolute atomic E-state index is 0.0296. The largest absolute Gasteiger partial charge is 0.465 e. The average molecular weight is 256 g/mol. The van der Waals surface area contributed by atoms with Crippen molar-refractivity contribution in [2.75, 3.05) is 32.8 Å². The van der Waals surface area contributed by atoms with Gasteiger partial charge in [-0.05, 0) is 25.7 Å². The predicted octanol–water partition coefficient (Wildman–Crippen LogP) is 0.768. The van der Waals surface area contributed by atoms with Gasteiger partial charge in [0.2, 0.25) is 0 Å². The molecule has 18 heavy (non-hydrogen) atoms. The summed E-state index contributed by atoms with van der Waals surface area (Å²) < 4.78 is 5.49. The molecule has 2 rings (SSSR count). The molecule has 102 valence electrons. The molecule has 1 unspecified atom stereocenters. The third-order valence-electron chi connectivity index (χ3n) is 3.53. The zero-order valence-electron chi connectivity index (χ0n) is 10.5. The Bertz CT molecular complexity index is 315. The summed E-state index contributed by atoms with van der Waals surface area (Å²) in [6.07, 6.45) is 2.33. The van der Waals surface area contributed by atoms with Crippen LogP contribution >= 0.6 is 0 Å². The zero-order chi connectivity index (χ0) is 13.0. The van der Waals surface area contributed by atoms with Gasteiger partial charge in [0.15, 0.2) is 0 Å². The van der Waals surface area contributed by atoms with Crippen molar-refractivity contribution in [3.05, 3.63) is 0 Å². The maximum atomic E-state index is 12.2. The Balaban J connectivity index is 1.88. The fourth-order valence-corrected chi connectivity index (χ4v) is 2.47. The third-order valence-corrected chi connectivity index (χ3v) is 3.53. The highest BCUT2D eigenvalue weighted by Gasteiger charge is 2.28. The highest BCUT2D eigenvalue weighted by atomic mass is 16.5. The molecule has 2 amide bonds. The Morgan fingerprint density at radius 3 is 2.39 bits per heavy atom. The van der Waals surface area contributed by atoms with E-state index in [-0.39, 0.29) is 12.0 Å². The Hall–Kier alpha value is -1.30. The molecule has 1 atom stereocenters. The van der Waals surface area contributed by atoms with Gasteiger partial charge in [0.1, 0.15) is 6.10 Å². The standard InChI is InChI=1S/C12H20N2O4/c15-11(10-4-1-2-9-18-10)13-5-3-6-14(8-7-13)12(16)17/h10H,1-9H2,(H,16,17). The highest BCUT2D eigenvalue weighted by molar-refractivity contribution is 5.81. The molecule has 2 saturated heterocycles. The fourth-order valence-electron chi connectivity index (χ4n) is 2.47. The van der Waals surface area contributed by atoms with Crippen molar-refractivity contribution in [3.8, 4) is 0 Å². The Morgan fingerprint density at radius 2 is 1.72 bits per heavy atom. The summed E-state index contributed by atoms with van der Waals surface area (Å²) in [5.74, 6) is 0.0296. The number of carbonyl (C=O) groups is 2. The molecule has 0 bridgehead atoms. The summed E-state index contributed by atoms with van der Waals surface area (Å²) in [7, 11) is 0. The van der Waals surface area contributed by atoms with Gasteiger partial charge in [0.25, 0.3) is 5.91 Å². The van der Waals surface area contributed by atoms with E-state index in [9.17, 15) is 9.59 Å². The van der Waals surface area contributed by atoms with Crippen molar-refractivity contribution >= 4 is 12.0 Å². The van der Waals surface area contributed by atoms with Crippen LogP contribution in [0.1, 0.15) is 25.7 Å². The Labute approximate surface area is 106 Å². The van der Waals surface area contributed by atoms with Gasteiger partial charge in [-0.2, -0.15) is 0 Å². The lowest BCUT2D eigenvalue weighted by Crippen LogP contribution is -2.43. The molecule has 2 heterocycles. The molecule has 2 aliphatic rings. The number of hydrogen-bond donors (Lipinski definition) is 1. The van der Waals surface area contributed by atoms with Crippen LogP contribution in [0.2, 0.25) is 0 Å². The maximum Gasteiger partial charge on any atom is 0.407 e. The lowest BCUT2D eigenvalue weighted by atomic mass is 10.1. The van der Waals surface area contributed by atoms with Crippen molar-refractivity contribution < 1.29 is 19.4 Å². The molecule has 0 radical (unpaired) electrons. The van der Waals surface area contributed by atoms with E-state index in [1.165, 1.54) is 4.90 Å². The fraction of sp³-hybridized carbons (Fsp3) is 0.833. The quantitative estimate of drug-likeness (QED) is 0.752. The van der Waals surface area contributed by atoms with E-state index in [2.05, 4.69) is 0 Å². The van der Waals surface area contributed by atoms with E-state index in [0.29, 0.717) is 39.2 Å². The van der Waals surface area contributed by atoms with Crippen LogP contribution in [0.4, 0.5) is 4.79 Å². The Kier molecular flexibility index (Phi) is 4.41. The van der Waals surface area contributed by atoms with Crippen LogP contribution in [0.5, 0.6) is 0 Å². The van der Waals surface area contributed by atoms with Gasteiger partial charge in [-0.15, -0.1) is 0 Å². The number of carbonyl (C=O) groups excluding carboxylic acids is 1. The van der Waals surface area contributed by atoms with Gasteiger partial charge >= 0.3 is 6.09 Å². The highest BCUT2D eigenvalue weighted by Crippen LogP contribution is 2.16. The van der Waals surface area contributed by atoms with Gasteiger partial charge in [-0.1, -0.05) is 0 Å². The molecule has 0 aromatic rings. The normalized spacial score (nSPS) is 25.7. The first-order chi connectivity index (χ1) is 8.68. The van der Waals surface area contributed by atoms with Crippen molar-refractivity contribution in [1.82, 2.24) is 9.80 Å². The number of hydrogen-bond acceptors (Lipinski definition) is 3. The summed E-state index contributed by atoms with van der Waals surface area (Å²) in [6, 6.07) is 0. The molecule has 0 aromatic carbocycles. The lowest BCUT2D eigenvalue weighted by Gasteiger charge is -2.28. The van der Waals surface area contributed by atoms with Crippen LogP contribution in [0, 0.1) is 0 Å². The molecule has 0 aliphatic carbocycles. The first-order valence-corrected chi connectivity index (χ1v) is 6.57. The lowest BCUT2D eigenvalue weighted by molar-refractivity contribution is -0.146. The molecule has 6 nitrogen and oxygen atoms in total. The summed E-state index contributed by atoms with van der Waals surface area (Å²) in [4.78, 5) is 26.2. The van der Waals surface area contributed by atoms with Crippen LogP contribution < -0.4 is 0 Å². The monoisotopic (exact) mass is 256 g/mol. The smallest absolute Gasteiger partial charge is 0.407 e. The van der Waals surface area contributed by atoms with E-state index < -0.39 is 6.09 Å². The minimum atomic E-state index is -0.904. The second-order valence-electron chi connectivity index (χ2n) is 4.80. The predicted molar refractivity (Wildman–Crippen MR) is 64.4 cm³/mol. The van der Waals surface area contributed by atoms with Crippen molar-refractivity contribution in [3.63, 3.8) is 0 Å². The van der Waals surface area contributed by atoms with Gasteiger partial charge in [0.05, 0.1) is 0 Å². The number of carboxylic acid groups (broad SMARTS) is 1. The number of rotatable bonds is 1. The second-order valence-corrected chi connectivity index (χ2v) is 4.80. The summed E-state index contributed by atoms with van der Waals surface area (Å²) >= 11 is 0. The minimum Gasteiger partial charge on any atom is -0.465 e. The van der Waals surface area contributed by atoms with Crippen LogP contribution in [0.25, 0.3) is 0 Å². The molecule has 0 aromatic heterocycles. The first-order valence-electron chi connectivity index (χ1n) is 6.57. The topological polar surface area (TPSA) is 70.1 Å². The van der Waals surface area contributed by atoms with E-state index in [0.717, 1.165) is 19.3 Å². The van der Waals surface area contributed by atoms with Crippen LogP contribution in [-0.2, 0) is 9.53 Å². The summed E-state index contributed by atoms with van der Waals surface area (Å²) in [6.45, 7) is 2.66. The van der Waals surface area contributed by atoms with E-state index in [4.69, 9.17) is 9.84 Å². The zero-order valence-corrected chi connectivity index (χ0v) is 10.5. The summed E-state index contributed by atoms with van der Waals surface area (Å²) in [5.41, 5.74) is 0. The molecule has 6 heteroatoms. The van der Waals surface area contributed by atoms with Crippen molar-refractivity contribution in [2.24, 2.45) is 0 Å². The number of nitrogens with zero attached hydrogens (tertiary/aromatic N) is 2. The maximum absolute atomic E-state index is 12.2. The second kappa shape index (κ2) is 6.04. The van der Waals surface area contributed by atoms with Crippen LogP contribution in [0.3, 0.4) is 0 Å². The van der Waals surface area contributed by atoms with Gasteiger partial charge < -0.3 is 19.6 Å². The van der Waals surface area contributed by atoms with Crippen LogP contribution in [-0.4, -0.2) is 65.8 Å². The molecule has 2 aliphatic heterocycles. The Morgan fingerprint density at radius 1 is 1.00 bits per heavy atom. The van der Waals surface area contributed by atoms with E-state index in [1.807, 2.05) is 0 Å². The average Bonchev–Trinajstić information content (AvgIpc) is 2.64. The molecular formula is C12H20N2O4. The van der Waals surface area contributed by atoms with Crippen molar-refractivity contribution in [2.45, 2.75) is 31.8 Å². The molecule has 0 spiro atoms. The van der Waals surface area contributed by atoms with Gasteiger partial charge in [-0.25, -0.2) is 4.79 Å². The molecule has 2 fully saturated rings. The van der Waals surface area contributed by atoms with Gasteiger partial charge in [0, 0.05) is 32.8 Å². The van der Waals surface area contributed by atoms with E-state index >= 15 is 0 Å². The van der Waals surface area contributed by atoms with E-state index in [1.54, 1.807) is 4.90 Å². The number of amides is 2. The third kappa shape index (κ3) is 3.13. The summed E-state index contributed by atoms with van der Waals surface area (Å²) in [5, 5.41) is 8.93. The van der Waals surface area contributed by atoms with Gasteiger partial charge in [-0.3, -0.25) is 4.79 Å². The van der Waals surface area contributed by atoms with Crippen molar-refractivity contribution in [1.29, 1.82) is 0 Å². The SMILES string of the molecule is O=C(O)N1CCCN(C(=O)C2CCCCO2)CC1. The first kappa shape index (κ1) is 13.1. The molecular weight excluding hydrogens is 236 g/mol. The van der Waals surface area contributed by atoms with Crippen LogP contribution in [0.15, 0.2) is 0 Å². The molecule has 0 saturated carbocycles. The molecule has 1 N–H and O–H groups in total. The number of ether oxygens (including phenoxy) is 1.